The molecule has 2 saturated heterocycles. The van der Waals surface area contributed by atoms with Gasteiger partial charge in [0.05, 0.1) is 12.3 Å². The lowest BCUT2D eigenvalue weighted by Gasteiger charge is -2.32. The number of anilines is 1. The molecule has 2 aromatic rings. The Labute approximate surface area is 162 Å². The number of aryl methyl sites for hydroxylation is 1. The molecular formula is C22H30N4O. The Hall–Kier alpha value is -1.98. The maximum absolute atomic E-state index is 5.50. The van der Waals surface area contributed by atoms with Crippen LogP contribution in [0.15, 0.2) is 36.4 Å². The number of benzene rings is 1. The van der Waals surface area contributed by atoms with Gasteiger partial charge >= 0.3 is 0 Å². The van der Waals surface area contributed by atoms with Gasteiger partial charge in [0, 0.05) is 31.7 Å². The number of piperidine rings is 1. The molecule has 27 heavy (non-hydrogen) atoms. The summed E-state index contributed by atoms with van der Waals surface area (Å²) in [7, 11) is 0. The molecule has 0 bridgehead atoms. The normalized spacial score (nSPS) is 21.4. The van der Waals surface area contributed by atoms with Crippen molar-refractivity contribution in [2.75, 3.05) is 44.7 Å². The van der Waals surface area contributed by atoms with Crippen molar-refractivity contribution in [2.24, 2.45) is 0 Å². The minimum atomic E-state index is 0.421. The second kappa shape index (κ2) is 8.81. The minimum Gasteiger partial charge on any atom is -0.381 e. The van der Waals surface area contributed by atoms with Crippen molar-refractivity contribution >= 4 is 5.82 Å². The summed E-state index contributed by atoms with van der Waals surface area (Å²) < 4.78 is 5.50. The summed E-state index contributed by atoms with van der Waals surface area (Å²) in [5.41, 5.74) is 2.61. The topological polar surface area (TPSA) is 50.3 Å². The molecule has 2 aliphatic rings. The minimum absolute atomic E-state index is 0.421. The number of likely N-dealkylation sites (tertiary alicyclic amines) is 1. The third-order valence-corrected chi connectivity index (χ3v) is 5.80. The smallest absolute Gasteiger partial charge is 0.129 e. The predicted octanol–water partition coefficient (Wildman–Crippen LogP) is 3.58. The van der Waals surface area contributed by atoms with Crippen LogP contribution in [0.2, 0.25) is 0 Å². The fraction of sp³-hybridized carbons (Fsp3) is 0.545. The van der Waals surface area contributed by atoms with E-state index in [4.69, 9.17) is 4.74 Å². The Morgan fingerprint density at radius 2 is 1.89 bits per heavy atom. The Balaban J connectivity index is 1.24. The van der Waals surface area contributed by atoms with Crippen LogP contribution in [0, 0.1) is 6.92 Å². The van der Waals surface area contributed by atoms with Crippen LogP contribution in [-0.2, 0) is 4.74 Å². The molecule has 0 aliphatic carbocycles. The zero-order valence-corrected chi connectivity index (χ0v) is 16.2. The highest BCUT2D eigenvalue weighted by Gasteiger charge is 2.21. The molecule has 3 heterocycles. The van der Waals surface area contributed by atoms with E-state index in [0.717, 1.165) is 56.0 Å². The zero-order chi connectivity index (χ0) is 18.5. The highest BCUT2D eigenvalue weighted by atomic mass is 16.5. The third-order valence-electron chi connectivity index (χ3n) is 5.80. The van der Waals surface area contributed by atoms with Gasteiger partial charge in [-0.1, -0.05) is 30.3 Å². The quantitative estimate of drug-likeness (QED) is 0.847. The van der Waals surface area contributed by atoms with Gasteiger partial charge in [-0.05, 0) is 50.8 Å². The fourth-order valence-electron chi connectivity index (χ4n) is 4.22. The fourth-order valence-corrected chi connectivity index (χ4v) is 4.22. The van der Waals surface area contributed by atoms with Crippen LogP contribution in [0.5, 0.6) is 0 Å². The molecule has 0 radical (unpaired) electrons. The lowest BCUT2D eigenvalue weighted by Crippen LogP contribution is -2.36. The Bertz CT molecular complexity index is 722. The van der Waals surface area contributed by atoms with Crippen LogP contribution < -0.4 is 5.32 Å². The van der Waals surface area contributed by atoms with Crippen LogP contribution in [-0.4, -0.2) is 54.3 Å². The number of nitrogens with zero attached hydrogens (tertiary/aromatic N) is 3. The summed E-state index contributed by atoms with van der Waals surface area (Å²) in [6.45, 7) is 7.93. The Morgan fingerprint density at radius 3 is 2.63 bits per heavy atom. The first-order chi connectivity index (χ1) is 13.3. The van der Waals surface area contributed by atoms with Crippen molar-refractivity contribution in [3.05, 3.63) is 53.5 Å². The van der Waals surface area contributed by atoms with E-state index in [9.17, 15) is 0 Å². The van der Waals surface area contributed by atoms with Gasteiger partial charge in [-0.25, -0.2) is 9.97 Å². The highest BCUT2D eigenvalue weighted by molar-refractivity contribution is 5.37. The molecule has 0 spiro atoms. The van der Waals surface area contributed by atoms with E-state index in [2.05, 4.69) is 56.6 Å². The largest absolute Gasteiger partial charge is 0.381 e. The molecule has 144 valence electrons. The molecule has 2 fully saturated rings. The molecule has 1 atom stereocenters. The number of ether oxygens (including phenoxy) is 1. The van der Waals surface area contributed by atoms with Crippen molar-refractivity contribution < 1.29 is 4.74 Å². The van der Waals surface area contributed by atoms with E-state index >= 15 is 0 Å². The van der Waals surface area contributed by atoms with Crippen LogP contribution in [0.3, 0.4) is 0 Å². The second-order valence-corrected chi connectivity index (χ2v) is 7.74. The van der Waals surface area contributed by atoms with Crippen molar-refractivity contribution in [1.29, 1.82) is 0 Å². The summed E-state index contributed by atoms with van der Waals surface area (Å²) in [5, 5.41) is 3.51. The Kier molecular flexibility index (Phi) is 6.00. The molecule has 0 unspecified atom stereocenters. The van der Waals surface area contributed by atoms with Crippen LogP contribution in [0.1, 0.15) is 48.2 Å². The zero-order valence-electron chi connectivity index (χ0n) is 16.2. The van der Waals surface area contributed by atoms with E-state index in [-0.39, 0.29) is 0 Å². The maximum atomic E-state index is 5.50. The number of hydrogen-bond donors (Lipinski definition) is 1. The number of hydrogen-bond acceptors (Lipinski definition) is 5. The van der Waals surface area contributed by atoms with Crippen molar-refractivity contribution in [3.63, 3.8) is 0 Å². The van der Waals surface area contributed by atoms with Gasteiger partial charge in [0.2, 0.25) is 0 Å². The molecular weight excluding hydrogens is 336 g/mol. The molecule has 5 nitrogen and oxygen atoms in total. The van der Waals surface area contributed by atoms with Gasteiger partial charge in [-0.15, -0.1) is 0 Å². The highest BCUT2D eigenvalue weighted by Crippen LogP contribution is 2.28. The van der Waals surface area contributed by atoms with E-state index in [1.54, 1.807) is 0 Å². The molecule has 2 aliphatic heterocycles. The van der Waals surface area contributed by atoms with Gasteiger partial charge < -0.3 is 15.0 Å². The number of rotatable bonds is 6. The molecule has 4 rings (SSSR count). The van der Waals surface area contributed by atoms with Crippen LogP contribution in [0.4, 0.5) is 5.82 Å². The Morgan fingerprint density at radius 1 is 1.07 bits per heavy atom. The molecule has 1 aromatic carbocycles. The summed E-state index contributed by atoms with van der Waals surface area (Å²) in [6.07, 6.45) is 3.57. The van der Waals surface area contributed by atoms with Crippen LogP contribution in [0.25, 0.3) is 0 Å². The van der Waals surface area contributed by atoms with Gasteiger partial charge in [0.25, 0.3) is 0 Å². The molecule has 1 N–H and O–H groups in total. The average Bonchev–Trinajstić information content (AvgIpc) is 3.24. The summed E-state index contributed by atoms with van der Waals surface area (Å²) in [5.74, 6) is 2.93. The first-order valence-electron chi connectivity index (χ1n) is 10.2. The molecule has 0 saturated carbocycles. The van der Waals surface area contributed by atoms with Gasteiger partial charge in [0.15, 0.2) is 0 Å². The monoisotopic (exact) mass is 366 g/mol. The SMILES string of the molecule is Cc1nc(NCCN2CCC(c3ccccc3)CC2)cc([C@H]2CCOC2)n1. The third kappa shape index (κ3) is 4.85. The number of nitrogens with one attached hydrogen (secondary N) is 1. The van der Waals surface area contributed by atoms with E-state index < -0.39 is 0 Å². The molecule has 1 aromatic heterocycles. The first-order valence-corrected chi connectivity index (χ1v) is 10.2. The van der Waals surface area contributed by atoms with Gasteiger partial charge in [0.1, 0.15) is 11.6 Å². The predicted molar refractivity (Wildman–Crippen MR) is 108 cm³/mol. The lowest BCUT2D eigenvalue weighted by molar-refractivity contribution is 0.193. The van der Waals surface area contributed by atoms with Gasteiger partial charge in [-0.3, -0.25) is 0 Å². The standard InChI is InChI=1S/C22H30N4O/c1-17-24-21(20-9-14-27-16-20)15-22(25-17)23-10-13-26-11-7-19(8-12-26)18-5-3-2-4-6-18/h2-6,15,19-20H,7-14,16H2,1H3,(H,23,24,25)/t20-/m0/s1. The van der Waals surface area contributed by atoms with E-state index in [1.807, 2.05) is 6.92 Å². The number of aromatic nitrogens is 2. The summed E-state index contributed by atoms with van der Waals surface area (Å²) in [6, 6.07) is 13.1. The van der Waals surface area contributed by atoms with E-state index in [0.29, 0.717) is 5.92 Å². The summed E-state index contributed by atoms with van der Waals surface area (Å²) in [4.78, 5) is 11.7. The van der Waals surface area contributed by atoms with Crippen molar-refractivity contribution in [1.82, 2.24) is 14.9 Å². The molecule has 0 amide bonds. The average molecular weight is 367 g/mol. The van der Waals surface area contributed by atoms with Crippen molar-refractivity contribution in [3.8, 4) is 0 Å². The maximum Gasteiger partial charge on any atom is 0.129 e. The van der Waals surface area contributed by atoms with Crippen molar-refractivity contribution in [2.45, 2.75) is 38.0 Å². The van der Waals surface area contributed by atoms with Crippen LogP contribution >= 0.6 is 0 Å². The second-order valence-electron chi connectivity index (χ2n) is 7.74. The first kappa shape index (κ1) is 18.4. The van der Waals surface area contributed by atoms with Gasteiger partial charge in [-0.2, -0.15) is 0 Å². The van der Waals surface area contributed by atoms with E-state index in [1.165, 1.54) is 31.5 Å². The lowest BCUT2D eigenvalue weighted by atomic mass is 9.89. The summed E-state index contributed by atoms with van der Waals surface area (Å²) >= 11 is 0. The molecule has 5 heteroatoms.